The molecule has 1 aliphatic heterocycles. The van der Waals surface area contributed by atoms with Gasteiger partial charge >= 0.3 is 0 Å². The second-order valence-electron chi connectivity index (χ2n) is 5.79. The number of nitrogens with zero attached hydrogens (tertiary/aromatic N) is 3. The maximum Gasteiger partial charge on any atom is 0.251 e. The summed E-state index contributed by atoms with van der Waals surface area (Å²) in [6, 6.07) is -1.09. The minimum absolute atomic E-state index is 0.0203. The SMILES string of the molecule is CC(=O)NC1=NC[C@@H](N(C)C(=O)C[C@@H](N)CCCN=C(N)N)C(=O)N1. The molecule has 0 spiro atoms. The Bertz CT molecular complexity index is 570. The summed E-state index contributed by atoms with van der Waals surface area (Å²) in [5.41, 5.74) is 16.4. The van der Waals surface area contributed by atoms with Crippen LogP contribution in [0.2, 0.25) is 0 Å². The molecule has 1 rings (SSSR count). The first-order valence-electron chi connectivity index (χ1n) is 7.90. The lowest BCUT2D eigenvalue weighted by atomic mass is 10.1. The summed E-state index contributed by atoms with van der Waals surface area (Å²) in [5.74, 6) is -0.893. The standard InChI is InChI=1S/C14H26N8O3/c1-8(23)20-14-19-7-10(12(25)21-14)22(2)11(24)6-9(15)4-3-5-18-13(16)17/h9-10H,3-7,15H2,1-2H3,(H4,16,17,18)(H2,19,20,21,23,25)/t9-,10+/m0/s1. The molecule has 0 aliphatic carbocycles. The lowest BCUT2D eigenvalue weighted by Crippen LogP contribution is -2.57. The van der Waals surface area contributed by atoms with Gasteiger partial charge in [0.25, 0.3) is 5.91 Å². The topological polar surface area (TPSA) is 181 Å². The number of guanidine groups is 2. The fraction of sp³-hybridized carbons (Fsp3) is 0.643. The zero-order valence-electron chi connectivity index (χ0n) is 14.5. The second-order valence-corrected chi connectivity index (χ2v) is 5.79. The first-order valence-corrected chi connectivity index (χ1v) is 7.90. The van der Waals surface area contributed by atoms with Crippen LogP contribution in [0.15, 0.2) is 9.98 Å². The number of likely N-dealkylation sites (N-methyl/N-ethyl adjacent to an activating group) is 1. The van der Waals surface area contributed by atoms with E-state index in [1.807, 2.05) is 0 Å². The van der Waals surface area contributed by atoms with Crippen molar-refractivity contribution in [1.82, 2.24) is 15.5 Å². The third-order valence-corrected chi connectivity index (χ3v) is 3.59. The van der Waals surface area contributed by atoms with Crippen molar-refractivity contribution in [2.45, 2.75) is 38.3 Å². The zero-order chi connectivity index (χ0) is 19.0. The third-order valence-electron chi connectivity index (χ3n) is 3.59. The van der Waals surface area contributed by atoms with Crippen LogP contribution in [0, 0.1) is 0 Å². The number of aliphatic imine (C=N–C) groups is 2. The van der Waals surface area contributed by atoms with E-state index in [9.17, 15) is 14.4 Å². The van der Waals surface area contributed by atoms with Crippen molar-refractivity contribution < 1.29 is 14.4 Å². The maximum atomic E-state index is 12.3. The fourth-order valence-electron chi connectivity index (χ4n) is 2.24. The molecule has 0 radical (unpaired) electrons. The third kappa shape index (κ3) is 7.16. The summed E-state index contributed by atoms with van der Waals surface area (Å²) in [6.45, 7) is 1.83. The van der Waals surface area contributed by atoms with Gasteiger partial charge in [-0.25, -0.2) is 4.99 Å². The van der Waals surface area contributed by atoms with Gasteiger partial charge in [-0.15, -0.1) is 0 Å². The quantitative estimate of drug-likeness (QED) is 0.187. The summed E-state index contributed by atoms with van der Waals surface area (Å²) < 4.78 is 0. The highest BCUT2D eigenvalue weighted by Gasteiger charge is 2.31. The molecular weight excluding hydrogens is 328 g/mol. The molecule has 11 nitrogen and oxygen atoms in total. The monoisotopic (exact) mass is 354 g/mol. The molecule has 0 bridgehead atoms. The molecule has 0 fully saturated rings. The van der Waals surface area contributed by atoms with Crippen molar-refractivity contribution in [2.24, 2.45) is 27.2 Å². The number of nitrogens with one attached hydrogen (secondary N) is 2. The minimum Gasteiger partial charge on any atom is -0.370 e. The number of amides is 3. The van der Waals surface area contributed by atoms with Gasteiger partial charge < -0.3 is 22.1 Å². The second kappa shape index (κ2) is 9.57. The van der Waals surface area contributed by atoms with Crippen LogP contribution in [0.4, 0.5) is 0 Å². The Kier molecular flexibility index (Phi) is 7.79. The number of carbonyl (C=O) groups excluding carboxylic acids is 3. The van der Waals surface area contributed by atoms with E-state index in [1.165, 1.54) is 18.9 Å². The predicted molar refractivity (Wildman–Crippen MR) is 93.3 cm³/mol. The highest BCUT2D eigenvalue weighted by Crippen LogP contribution is 2.08. The normalized spacial score (nSPS) is 17.8. The van der Waals surface area contributed by atoms with E-state index >= 15 is 0 Å². The Labute approximate surface area is 146 Å². The molecule has 0 saturated heterocycles. The number of rotatable bonds is 7. The molecule has 8 N–H and O–H groups in total. The van der Waals surface area contributed by atoms with Gasteiger partial charge in [0.05, 0.1) is 6.54 Å². The fourth-order valence-corrected chi connectivity index (χ4v) is 2.24. The molecule has 0 aromatic carbocycles. The largest absolute Gasteiger partial charge is 0.370 e. The molecule has 0 aromatic rings. The Hall–Kier alpha value is -2.69. The van der Waals surface area contributed by atoms with E-state index in [2.05, 4.69) is 20.6 Å². The van der Waals surface area contributed by atoms with Crippen molar-refractivity contribution in [1.29, 1.82) is 0 Å². The molecule has 140 valence electrons. The Morgan fingerprint density at radius 2 is 2.16 bits per heavy atom. The van der Waals surface area contributed by atoms with Crippen LogP contribution in [0.5, 0.6) is 0 Å². The summed E-state index contributed by atoms with van der Waals surface area (Å²) in [4.78, 5) is 44.5. The highest BCUT2D eigenvalue weighted by atomic mass is 16.2. The minimum atomic E-state index is -0.737. The van der Waals surface area contributed by atoms with Crippen LogP contribution >= 0.6 is 0 Å². The van der Waals surface area contributed by atoms with Gasteiger partial charge in [0, 0.05) is 33.0 Å². The van der Waals surface area contributed by atoms with E-state index in [0.29, 0.717) is 19.4 Å². The highest BCUT2D eigenvalue weighted by molar-refractivity contribution is 6.07. The van der Waals surface area contributed by atoms with E-state index in [1.54, 1.807) is 0 Å². The van der Waals surface area contributed by atoms with E-state index in [4.69, 9.17) is 17.2 Å². The Morgan fingerprint density at radius 1 is 1.48 bits per heavy atom. The van der Waals surface area contributed by atoms with Crippen molar-refractivity contribution in [2.75, 3.05) is 20.1 Å². The van der Waals surface area contributed by atoms with Crippen LogP contribution in [0.3, 0.4) is 0 Å². The number of hydrogen-bond donors (Lipinski definition) is 5. The molecule has 11 heteroatoms. The van der Waals surface area contributed by atoms with Gasteiger partial charge in [-0.05, 0) is 12.8 Å². The van der Waals surface area contributed by atoms with Crippen LogP contribution in [0.25, 0.3) is 0 Å². The van der Waals surface area contributed by atoms with Gasteiger partial charge in [0.2, 0.25) is 17.8 Å². The van der Waals surface area contributed by atoms with Crippen molar-refractivity contribution in [3.05, 3.63) is 0 Å². The lowest BCUT2D eigenvalue weighted by Gasteiger charge is -2.30. The van der Waals surface area contributed by atoms with Gasteiger partial charge in [-0.3, -0.25) is 30.0 Å². The molecule has 2 atom stereocenters. The molecule has 0 unspecified atom stereocenters. The lowest BCUT2D eigenvalue weighted by molar-refractivity contribution is -0.138. The van der Waals surface area contributed by atoms with Crippen LogP contribution in [-0.4, -0.2) is 66.8 Å². The van der Waals surface area contributed by atoms with Gasteiger partial charge in [0.15, 0.2) is 5.96 Å². The molecule has 25 heavy (non-hydrogen) atoms. The average molecular weight is 354 g/mol. The first-order chi connectivity index (χ1) is 11.7. The van der Waals surface area contributed by atoms with E-state index in [0.717, 1.165) is 0 Å². The van der Waals surface area contributed by atoms with Crippen molar-refractivity contribution >= 4 is 29.6 Å². The molecule has 3 amide bonds. The van der Waals surface area contributed by atoms with E-state index < -0.39 is 11.9 Å². The van der Waals surface area contributed by atoms with Gasteiger partial charge in [-0.2, -0.15) is 0 Å². The molecule has 1 heterocycles. The summed E-state index contributed by atoms with van der Waals surface area (Å²) in [6.07, 6.45) is 1.34. The van der Waals surface area contributed by atoms with Crippen molar-refractivity contribution in [3.63, 3.8) is 0 Å². The average Bonchev–Trinajstić information content (AvgIpc) is 2.50. The number of hydrogen-bond acceptors (Lipinski definition) is 6. The molecule has 0 saturated carbocycles. The first kappa shape index (κ1) is 20.4. The molecule has 1 aliphatic rings. The Balaban J connectivity index is 2.48. The zero-order valence-corrected chi connectivity index (χ0v) is 14.5. The number of nitrogens with two attached hydrogens (primary N) is 3. The number of carbonyl (C=O) groups is 3. The predicted octanol–water partition coefficient (Wildman–Crippen LogP) is -2.79. The van der Waals surface area contributed by atoms with Gasteiger partial charge in [-0.1, -0.05) is 0 Å². The van der Waals surface area contributed by atoms with E-state index in [-0.39, 0.29) is 42.7 Å². The van der Waals surface area contributed by atoms with Gasteiger partial charge in [0.1, 0.15) is 6.04 Å². The molecule has 0 aromatic heterocycles. The summed E-state index contributed by atoms with van der Waals surface area (Å²) >= 11 is 0. The van der Waals surface area contributed by atoms with Crippen LogP contribution in [0.1, 0.15) is 26.2 Å². The van der Waals surface area contributed by atoms with Crippen molar-refractivity contribution in [3.8, 4) is 0 Å². The summed E-state index contributed by atoms with van der Waals surface area (Å²) in [5, 5.41) is 4.85. The smallest absolute Gasteiger partial charge is 0.251 e. The maximum absolute atomic E-state index is 12.3. The Morgan fingerprint density at radius 3 is 2.72 bits per heavy atom. The van der Waals surface area contributed by atoms with Crippen LogP contribution in [-0.2, 0) is 14.4 Å². The van der Waals surface area contributed by atoms with Crippen LogP contribution < -0.4 is 27.8 Å². The molecular formula is C14H26N8O3. The summed E-state index contributed by atoms with van der Waals surface area (Å²) in [7, 11) is 1.53.